The van der Waals surface area contributed by atoms with E-state index in [9.17, 15) is 9.59 Å². The first-order chi connectivity index (χ1) is 8.04. The van der Waals surface area contributed by atoms with Gasteiger partial charge in [0.2, 0.25) is 5.91 Å². The minimum absolute atomic E-state index is 0.0394. The Bertz CT molecular complexity index is 281. The number of carboxylic acids is 1. The van der Waals surface area contributed by atoms with Crippen LogP contribution in [0, 0.1) is 5.92 Å². The number of hydrogen-bond acceptors (Lipinski definition) is 3. The van der Waals surface area contributed by atoms with Gasteiger partial charge in [0, 0.05) is 26.1 Å². The Morgan fingerprint density at radius 3 is 2.88 bits per heavy atom. The summed E-state index contributed by atoms with van der Waals surface area (Å²) in [7, 11) is 0. The van der Waals surface area contributed by atoms with Crippen molar-refractivity contribution in [2.24, 2.45) is 5.92 Å². The Morgan fingerprint density at radius 1 is 1.59 bits per heavy atom. The first-order valence-corrected chi connectivity index (χ1v) is 6.28. The Balaban J connectivity index is 2.62. The second kappa shape index (κ2) is 6.59. The molecule has 5 nitrogen and oxygen atoms in total. The van der Waals surface area contributed by atoms with E-state index >= 15 is 0 Å². The van der Waals surface area contributed by atoms with Crippen LogP contribution in [0.2, 0.25) is 0 Å². The fraction of sp³-hybridized carbons (Fsp3) is 0.833. The molecule has 0 aromatic carbocycles. The number of carbonyl (C=O) groups is 2. The highest BCUT2D eigenvalue weighted by molar-refractivity contribution is 5.82. The Hall–Kier alpha value is -1.10. The zero-order valence-electron chi connectivity index (χ0n) is 10.6. The average molecular weight is 242 g/mol. The molecule has 5 heteroatoms. The normalized spacial score (nSPS) is 25.8. The fourth-order valence-electron chi connectivity index (χ4n) is 2.15. The molecule has 1 aliphatic rings. The summed E-state index contributed by atoms with van der Waals surface area (Å²) in [5, 5.41) is 11.8. The van der Waals surface area contributed by atoms with Crippen LogP contribution in [0.1, 0.15) is 33.1 Å². The van der Waals surface area contributed by atoms with E-state index in [4.69, 9.17) is 5.11 Å². The maximum absolute atomic E-state index is 12.2. The molecular weight excluding hydrogens is 220 g/mol. The lowest BCUT2D eigenvalue weighted by Crippen LogP contribution is -2.44. The number of nitrogens with zero attached hydrogens (tertiary/aromatic N) is 1. The van der Waals surface area contributed by atoms with E-state index < -0.39 is 5.97 Å². The summed E-state index contributed by atoms with van der Waals surface area (Å²) in [4.78, 5) is 24.6. The van der Waals surface area contributed by atoms with Crippen LogP contribution in [0.25, 0.3) is 0 Å². The van der Waals surface area contributed by atoms with Gasteiger partial charge in [-0.15, -0.1) is 0 Å². The highest BCUT2D eigenvalue weighted by atomic mass is 16.4. The average Bonchev–Trinajstić information content (AvgIpc) is 2.39. The summed E-state index contributed by atoms with van der Waals surface area (Å²) in [6.45, 7) is 6.44. The molecule has 2 atom stereocenters. The Labute approximate surface area is 102 Å². The topological polar surface area (TPSA) is 69.6 Å². The van der Waals surface area contributed by atoms with Crippen LogP contribution in [0.3, 0.4) is 0 Å². The van der Waals surface area contributed by atoms with E-state index in [0.717, 1.165) is 26.1 Å². The van der Waals surface area contributed by atoms with Gasteiger partial charge in [-0.2, -0.15) is 0 Å². The Morgan fingerprint density at radius 2 is 2.29 bits per heavy atom. The smallest absolute Gasteiger partial charge is 0.303 e. The van der Waals surface area contributed by atoms with E-state index in [-0.39, 0.29) is 18.4 Å². The molecule has 0 radical (unpaired) electrons. The second-order valence-electron chi connectivity index (χ2n) is 4.78. The molecule has 0 bridgehead atoms. The maximum atomic E-state index is 12.2. The number of carbonyl (C=O) groups excluding carboxylic acids is 1. The van der Waals surface area contributed by atoms with Gasteiger partial charge in [-0.1, -0.05) is 13.8 Å². The first-order valence-electron chi connectivity index (χ1n) is 6.28. The lowest BCUT2D eigenvalue weighted by molar-refractivity contribution is -0.137. The SMILES string of the molecule is CCCN1CC(C)CNC(CCC(=O)O)C1=O. The van der Waals surface area contributed by atoms with E-state index in [2.05, 4.69) is 12.2 Å². The van der Waals surface area contributed by atoms with Crippen molar-refractivity contribution in [3.05, 3.63) is 0 Å². The van der Waals surface area contributed by atoms with E-state index in [1.165, 1.54) is 0 Å². The van der Waals surface area contributed by atoms with Crippen LogP contribution in [0.15, 0.2) is 0 Å². The monoisotopic (exact) mass is 242 g/mol. The molecule has 98 valence electrons. The molecule has 0 aromatic rings. The third kappa shape index (κ3) is 4.34. The quantitative estimate of drug-likeness (QED) is 0.744. The van der Waals surface area contributed by atoms with Gasteiger partial charge in [-0.3, -0.25) is 9.59 Å². The first kappa shape index (κ1) is 14.0. The minimum Gasteiger partial charge on any atom is -0.481 e. The molecule has 1 aliphatic heterocycles. The molecule has 1 saturated heterocycles. The third-order valence-electron chi connectivity index (χ3n) is 2.99. The molecule has 1 rings (SSSR count). The van der Waals surface area contributed by atoms with Crippen LogP contribution >= 0.6 is 0 Å². The van der Waals surface area contributed by atoms with Gasteiger partial charge in [0.1, 0.15) is 0 Å². The van der Waals surface area contributed by atoms with Crippen molar-refractivity contribution in [2.75, 3.05) is 19.6 Å². The van der Waals surface area contributed by atoms with Crippen molar-refractivity contribution in [2.45, 2.75) is 39.2 Å². The molecule has 1 amide bonds. The number of aliphatic carboxylic acids is 1. The van der Waals surface area contributed by atoms with Gasteiger partial charge in [0.05, 0.1) is 6.04 Å². The van der Waals surface area contributed by atoms with Crippen molar-refractivity contribution in [3.63, 3.8) is 0 Å². The summed E-state index contributed by atoms with van der Waals surface area (Å²) in [5.74, 6) is -0.378. The van der Waals surface area contributed by atoms with E-state index in [1.54, 1.807) is 0 Å². The zero-order valence-corrected chi connectivity index (χ0v) is 10.6. The zero-order chi connectivity index (χ0) is 12.8. The van der Waals surface area contributed by atoms with Crippen molar-refractivity contribution < 1.29 is 14.7 Å². The number of rotatable bonds is 5. The molecule has 0 aliphatic carbocycles. The van der Waals surface area contributed by atoms with Crippen molar-refractivity contribution in [3.8, 4) is 0 Å². The van der Waals surface area contributed by atoms with Gasteiger partial charge in [0.25, 0.3) is 0 Å². The maximum Gasteiger partial charge on any atom is 0.303 e. The molecule has 17 heavy (non-hydrogen) atoms. The highest BCUT2D eigenvalue weighted by Gasteiger charge is 2.28. The van der Waals surface area contributed by atoms with Gasteiger partial charge < -0.3 is 15.3 Å². The van der Waals surface area contributed by atoms with Crippen molar-refractivity contribution >= 4 is 11.9 Å². The molecule has 2 unspecified atom stereocenters. The summed E-state index contributed by atoms with van der Waals surface area (Å²) >= 11 is 0. The minimum atomic E-state index is -0.848. The summed E-state index contributed by atoms with van der Waals surface area (Å²) in [6, 6.07) is -0.331. The molecule has 1 fully saturated rings. The predicted octanol–water partition coefficient (Wildman–Crippen LogP) is 0.698. The number of carboxylic acid groups (broad SMARTS) is 1. The van der Waals surface area contributed by atoms with Crippen LogP contribution in [-0.2, 0) is 9.59 Å². The van der Waals surface area contributed by atoms with Gasteiger partial charge >= 0.3 is 5.97 Å². The van der Waals surface area contributed by atoms with E-state index in [1.807, 2.05) is 11.8 Å². The van der Waals surface area contributed by atoms with Crippen LogP contribution in [0.4, 0.5) is 0 Å². The molecule has 2 N–H and O–H groups in total. The molecule has 1 heterocycles. The highest BCUT2D eigenvalue weighted by Crippen LogP contribution is 2.11. The molecule has 0 aromatic heterocycles. The lowest BCUT2D eigenvalue weighted by atomic mass is 10.1. The largest absolute Gasteiger partial charge is 0.481 e. The number of nitrogens with one attached hydrogen (secondary N) is 1. The molecular formula is C12H22N2O3. The predicted molar refractivity (Wildman–Crippen MR) is 64.7 cm³/mol. The van der Waals surface area contributed by atoms with Crippen molar-refractivity contribution in [1.29, 1.82) is 0 Å². The standard InChI is InChI=1S/C12H22N2O3/c1-3-6-14-8-9(2)7-13-10(12(14)17)4-5-11(15)16/h9-10,13H,3-8H2,1-2H3,(H,15,16). The summed E-state index contributed by atoms with van der Waals surface area (Å²) in [5.41, 5.74) is 0. The second-order valence-corrected chi connectivity index (χ2v) is 4.78. The summed E-state index contributed by atoms with van der Waals surface area (Å²) < 4.78 is 0. The summed E-state index contributed by atoms with van der Waals surface area (Å²) in [6.07, 6.45) is 1.35. The number of amides is 1. The number of hydrogen-bond donors (Lipinski definition) is 2. The van der Waals surface area contributed by atoms with Gasteiger partial charge in [-0.25, -0.2) is 0 Å². The fourth-order valence-corrected chi connectivity index (χ4v) is 2.15. The lowest BCUT2D eigenvalue weighted by Gasteiger charge is -2.24. The van der Waals surface area contributed by atoms with Crippen molar-refractivity contribution in [1.82, 2.24) is 10.2 Å². The third-order valence-corrected chi connectivity index (χ3v) is 2.99. The van der Waals surface area contributed by atoms with Gasteiger partial charge in [0.15, 0.2) is 0 Å². The van der Waals surface area contributed by atoms with E-state index in [0.29, 0.717) is 12.3 Å². The molecule has 0 saturated carbocycles. The molecule has 0 spiro atoms. The van der Waals surface area contributed by atoms with Gasteiger partial charge in [-0.05, 0) is 18.8 Å². The van der Waals surface area contributed by atoms with Crippen LogP contribution < -0.4 is 5.32 Å². The Kier molecular flexibility index (Phi) is 5.41. The van der Waals surface area contributed by atoms with Crippen LogP contribution in [0.5, 0.6) is 0 Å². The van der Waals surface area contributed by atoms with Crippen LogP contribution in [-0.4, -0.2) is 47.6 Å².